The zero-order valence-electron chi connectivity index (χ0n) is 20.7. The van der Waals surface area contributed by atoms with Crippen molar-refractivity contribution < 1.29 is 25.1 Å². The van der Waals surface area contributed by atoms with Crippen molar-refractivity contribution in [3.8, 4) is 0 Å². The van der Waals surface area contributed by atoms with E-state index in [1.807, 2.05) is 10.9 Å². The number of rotatable bonds is 23. The molecule has 0 aliphatic carbocycles. The Balaban J connectivity index is 0.0000102. The normalized spacial score (nSPS) is 12.7. The lowest BCUT2D eigenvalue weighted by Gasteiger charge is -2.11. The molecule has 9 heteroatoms. The highest BCUT2D eigenvalue weighted by Crippen LogP contribution is 2.19. The van der Waals surface area contributed by atoms with Crippen LogP contribution in [0, 0.1) is 0 Å². The average molecular weight is 461 g/mol. The number of hydrogen-bond acceptors (Lipinski definition) is 8. The molecule has 190 valence electrons. The Kier molecular flexibility index (Phi) is 18.5. The molecule has 1 unspecified atom stereocenters. The Morgan fingerprint density at radius 2 is 1.28 bits per heavy atom. The Morgan fingerprint density at radius 1 is 0.781 bits per heavy atom. The third-order valence-corrected chi connectivity index (χ3v) is 5.26. The van der Waals surface area contributed by atoms with Gasteiger partial charge in [0.05, 0.1) is 78.3 Å². The lowest BCUT2D eigenvalue weighted by Crippen LogP contribution is -2.29. The second kappa shape index (κ2) is 20.5. The molecule has 1 aromatic rings. The standard InChI is InChI=1S/C23H46N4O5.H2/c1-5-21(4)24-8-10-28-12-14-30-16-18-32-19-17-31-15-13-29-11-9-27-20-23(25-26-27)22(6-2)7-3;/h20-22,24H,5-19H2,1-4H3;1H. The van der Waals surface area contributed by atoms with Crippen LogP contribution in [0.5, 0.6) is 0 Å². The third kappa shape index (κ3) is 14.9. The molecule has 1 N–H and O–H groups in total. The molecular weight excluding hydrogens is 412 g/mol. The van der Waals surface area contributed by atoms with Crippen LogP contribution >= 0.6 is 0 Å². The maximum atomic E-state index is 5.59. The van der Waals surface area contributed by atoms with E-state index in [9.17, 15) is 0 Å². The van der Waals surface area contributed by atoms with E-state index in [0.717, 1.165) is 31.5 Å². The number of hydrogen-bond donors (Lipinski definition) is 1. The Labute approximate surface area is 195 Å². The monoisotopic (exact) mass is 460 g/mol. The average Bonchev–Trinajstić information content (AvgIpc) is 3.27. The third-order valence-electron chi connectivity index (χ3n) is 5.26. The number of ether oxygens (including phenoxy) is 5. The van der Waals surface area contributed by atoms with Crippen molar-refractivity contribution in [2.45, 2.75) is 65.5 Å². The summed E-state index contributed by atoms with van der Waals surface area (Å²) in [6.45, 7) is 16.2. The van der Waals surface area contributed by atoms with Crippen LogP contribution in [0.4, 0.5) is 0 Å². The van der Waals surface area contributed by atoms with Gasteiger partial charge in [0.2, 0.25) is 0 Å². The molecule has 0 aliphatic rings. The summed E-state index contributed by atoms with van der Waals surface area (Å²) in [6.07, 6.45) is 5.33. The fraction of sp³-hybridized carbons (Fsp3) is 0.913. The van der Waals surface area contributed by atoms with Crippen molar-refractivity contribution in [1.29, 1.82) is 0 Å². The predicted molar refractivity (Wildman–Crippen MR) is 127 cm³/mol. The smallest absolute Gasteiger partial charge is 0.0857 e. The first-order valence-electron chi connectivity index (χ1n) is 12.2. The first kappa shape index (κ1) is 28.9. The minimum Gasteiger partial charge on any atom is -0.378 e. The first-order valence-corrected chi connectivity index (χ1v) is 12.2. The largest absolute Gasteiger partial charge is 0.378 e. The molecule has 0 saturated carbocycles. The SMILES string of the molecule is CCC(C)NCCOCCOCCOCCOCCOCCn1cc(C(CC)CC)nn1.[HH]. The number of nitrogens with zero attached hydrogens (tertiary/aromatic N) is 3. The molecule has 0 spiro atoms. The van der Waals surface area contributed by atoms with Gasteiger partial charge < -0.3 is 29.0 Å². The van der Waals surface area contributed by atoms with Gasteiger partial charge in [0.1, 0.15) is 0 Å². The molecule has 0 amide bonds. The highest BCUT2D eigenvalue weighted by atomic mass is 16.6. The molecule has 1 rings (SSSR count). The summed E-state index contributed by atoms with van der Waals surface area (Å²) < 4.78 is 29.4. The molecule has 0 aromatic carbocycles. The lowest BCUT2D eigenvalue weighted by atomic mass is 10.0. The summed E-state index contributed by atoms with van der Waals surface area (Å²) in [7, 11) is 0. The fourth-order valence-electron chi connectivity index (χ4n) is 2.98. The molecule has 0 aliphatic heterocycles. The van der Waals surface area contributed by atoms with Crippen LogP contribution in [0.1, 0.15) is 60.0 Å². The van der Waals surface area contributed by atoms with Crippen LogP contribution in [-0.2, 0) is 30.2 Å². The van der Waals surface area contributed by atoms with E-state index >= 15 is 0 Å². The molecule has 0 fully saturated rings. The number of nitrogens with one attached hydrogen (secondary N) is 1. The molecule has 1 heterocycles. The second-order valence-electron chi connectivity index (χ2n) is 7.75. The van der Waals surface area contributed by atoms with Gasteiger partial charge in [-0.15, -0.1) is 5.10 Å². The topological polar surface area (TPSA) is 88.9 Å². The van der Waals surface area contributed by atoms with Crippen LogP contribution in [0.3, 0.4) is 0 Å². The summed E-state index contributed by atoms with van der Waals surface area (Å²) in [5.74, 6) is 0.493. The van der Waals surface area contributed by atoms with E-state index in [0.29, 0.717) is 84.6 Å². The van der Waals surface area contributed by atoms with Crippen LogP contribution in [-0.4, -0.2) is 93.6 Å². The van der Waals surface area contributed by atoms with Crippen molar-refractivity contribution in [2.75, 3.05) is 72.6 Å². The summed E-state index contributed by atoms with van der Waals surface area (Å²) >= 11 is 0. The minimum atomic E-state index is 0. The van der Waals surface area contributed by atoms with Gasteiger partial charge in [-0.2, -0.15) is 0 Å². The Bertz CT molecular complexity index is 535. The maximum Gasteiger partial charge on any atom is 0.0857 e. The Hall–Kier alpha value is -1.10. The minimum absolute atomic E-state index is 0. The lowest BCUT2D eigenvalue weighted by molar-refractivity contribution is -0.0114. The van der Waals surface area contributed by atoms with E-state index < -0.39 is 0 Å². The van der Waals surface area contributed by atoms with Gasteiger partial charge in [0.15, 0.2) is 0 Å². The van der Waals surface area contributed by atoms with Crippen molar-refractivity contribution in [3.63, 3.8) is 0 Å². The van der Waals surface area contributed by atoms with Crippen LogP contribution < -0.4 is 5.32 Å². The van der Waals surface area contributed by atoms with Gasteiger partial charge in [-0.05, 0) is 26.2 Å². The second-order valence-corrected chi connectivity index (χ2v) is 7.75. The van der Waals surface area contributed by atoms with Crippen LogP contribution in [0.25, 0.3) is 0 Å². The van der Waals surface area contributed by atoms with Gasteiger partial charge in [-0.25, -0.2) is 4.68 Å². The van der Waals surface area contributed by atoms with Crippen LogP contribution in [0.2, 0.25) is 0 Å². The van der Waals surface area contributed by atoms with Gasteiger partial charge in [0.25, 0.3) is 0 Å². The van der Waals surface area contributed by atoms with Gasteiger partial charge in [0, 0.05) is 26.1 Å². The summed E-state index contributed by atoms with van der Waals surface area (Å²) in [5, 5.41) is 11.8. The summed E-state index contributed by atoms with van der Waals surface area (Å²) in [5.41, 5.74) is 1.07. The zero-order valence-corrected chi connectivity index (χ0v) is 20.7. The quantitative estimate of drug-likeness (QED) is 0.249. The molecule has 0 bridgehead atoms. The van der Waals surface area contributed by atoms with Gasteiger partial charge >= 0.3 is 0 Å². The van der Waals surface area contributed by atoms with Crippen molar-refractivity contribution in [1.82, 2.24) is 20.3 Å². The number of aromatic nitrogens is 3. The zero-order chi connectivity index (χ0) is 23.3. The summed E-state index contributed by atoms with van der Waals surface area (Å²) in [4.78, 5) is 0. The molecule has 1 atom stereocenters. The van der Waals surface area contributed by atoms with E-state index in [2.05, 4.69) is 43.3 Å². The fourth-order valence-corrected chi connectivity index (χ4v) is 2.98. The molecule has 0 radical (unpaired) electrons. The molecule has 32 heavy (non-hydrogen) atoms. The molecule has 0 saturated heterocycles. The van der Waals surface area contributed by atoms with E-state index in [1.165, 1.54) is 0 Å². The Morgan fingerprint density at radius 3 is 1.78 bits per heavy atom. The van der Waals surface area contributed by atoms with Gasteiger partial charge in [-0.3, -0.25) is 0 Å². The van der Waals surface area contributed by atoms with E-state index in [1.54, 1.807) is 0 Å². The maximum absolute atomic E-state index is 5.59. The van der Waals surface area contributed by atoms with Crippen molar-refractivity contribution in [3.05, 3.63) is 11.9 Å². The molecule has 1 aromatic heterocycles. The van der Waals surface area contributed by atoms with Crippen molar-refractivity contribution >= 4 is 0 Å². The predicted octanol–water partition coefficient (Wildman–Crippen LogP) is 2.90. The van der Waals surface area contributed by atoms with E-state index in [-0.39, 0.29) is 1.43 Å². The summed E-state index contributed by atoms with van der Waals surface area (Å²) in [6, 6.07) is 0.543. The highest BCUT2D eigenvalue weighted by molar-refractivity contribution is 5.00. The van der Waals surface area contributed by atoms with Crippen LogP contribution in [0.15, 0.2) is 6.20 Å². The van der Waals surface area contributed by atoms with Gasteiger partial charge in [-0.1, -0.05) is 26.0 Å². The highest BCUT2D eigenvalue weighted by Gasteiger charge is 2.10. The van der Waals surface area contributed by atoms with Crippen molar-refractivity contribution in [2.24, 2.45) is 0 Å². The molecular formula is C23H48N4O5. The van der Waals surface area contributed by atoms with E-state index in [4.69, 9.17) is 23.7 Å². The first-order chi connectivity index (χ1) is 15.7. The molecule has 9 nitrogen and oxygen atoms in total.